The number of hydrogen-bond donors (Lipinski definition) is 1. The van der Waals surface area contributed by atoms with Crippen LogP contribution < -0.4 is 14.8 Å². The van der Waals surface area contributed by atoms with Gasteiger partial charge in [-0.05, 0) is 51.1 Å². The van der Waals surface area contributed by atoms with Crippen molar-refractivity contribution in [3.05, 3.63) is 53.6 Å². The number of hydrogen-bond acceptors (Lipinski definition) is 3. The Morgan fingerprint density at radius 2 is 1.65 bits per heavy atom. The minimum absolute atomic E-state index is 0.0750. The van der Waals surface area contributed by atoms with Gasteiger partial charge in [-0.15, -0.1) is 0 Å². The molecule has 0 aliphatic rings. The molecule has 4 nitrogen and oxygen atoms in total. The minimum Gasteiger partial charge on any atom is -0.491 e. The van der Waals surface area contributed by atoms with Crippen LogP contribution in [0.3, 0.4) is 0 Å². The summed E-state index contributed by atoms with van der Waals surface area (Å²) in [5.41, 5.74) is 0.662. The average Bonchev–Trinajstić information content (AvgIpc) is 2.46. The standard InChI is InChI=1S/C18H20ClNO3/c1-12(2)22-17-9-5-7-15(11-17)20-18(21)13(3)23-16-8-4-6-14(19)10-16/h4-13H,1-3H3,(H,20,21)/t13-/m0/s1. The molecular weight excluding hydrogens is 314 g/mol. The quantitative estimate of drug-likeness (QED) is 0.844. The Bertz CT molecular complexity index is 673. The Kier molecular flexibility index (Phi) is 5.88. The number of ether oxygens (including phenoxy) is 2. The molecule has 2 rings (SSSR count). The molecule has 23 heavy (non-hydrogen) atoms. The fourth-order valence-electron chi connectivity index (χ4n) is 1.96. The lowest BCUT2D eigenvalue weighted by atomic mass is 10.2. The average molecular weight is 334 g/mol. The van der Waals surface area contributed by atoms with Gasteiger partial charge in [-0.3, -0.25) is 4.79 Å². The maximum Gasteiger partial charge on any atom is 0.265 e. The van der Waals surface area contributed by atoms with Crippen LogP contribution in [0.15, 0.2) is 48.5 Å². The van der Waals surface area contributed by atoms with Crippen LogP contribution in [-0.4, -0.2) is 18.1 Å². The van der Waals surface area contributed by atoms with Crippen molar-refractivity contribution in [2.45, 2.75) is 33.0 Å². The Labute approximate surface area is 141 Å². The molecule has 0 saturated carbocycles. The third-order valence-electron chi connectivity index (χ3n) is 2.95. The van der Waals surface area contributed by atoms with Gasteiger partial charge in [0.2, 0.25) is 0 Å². The van der Waals surface area contributed by atoms with E-state index in [1.54, 1.807) is 43.3 Å². The molecule has 2 aromatic carbocycles. The molecular formula is C18H20ClNO3. The first-order valence-electron chi connectivity index (χ1n) is 7.44. The van der Waals surface area contributed by atoms with Gasteiger partial charge in [-0.2, -0.15) is 0 Å². The van der Waals surface area contributed by atoms with Crippen molar-refractivity contribution in [2.75, 3.05) is 5.32 Å². The first kappa shape index (κ1) is 17.2. The van der Waals surface area contributed by atoms with Crippen molar-refractivity contribution >= 4 is 23.2 Å². The van der Waals surface area contributed by atoms with Gasteiger partial charge in [-0.1, -0.05) is 23.7 Å². The lowest BCUT2D eigenvalue weighted by Gasteiger charge is -2.16. The van der Waals surface area contributed by atoms with Crippen molar-refractivity contribution in [1.29, 1.82) is 0 Å². The minimum atomic E-state index is -0.650. The zero-order valence-electron chi connectivity index (χ0n) is 13.4. The van der Waals surface area contributed by atoms with E-state index in [0.717, 1.165) is 0 Å². The molecule has 0 radical (unpaired) electrons. The molecule has 1 N–H and O–H groups in total. The summed E-state index contributed by atoms with van der Waals surface area (Å²) in [4.78, 5) is 12.2. The lowest BCUT2D eigenvalue weighted by molar-refractivity contribution is -0.122. The predicted molar refractivity (Wildman–Crippen MR) is 92.4 cm³/mol. The van der Waals surface area contributed by atoms with Gasteiger partial charge < -0.3 is 14.8 Å². The molecule has 0 fully saturated rings. The molecule has 2 aromatic rings. The fraction of sp³-hybridized carbons (Fsp3) is 0.278. The third-order valence-corrected chi connectivity index (χ3v) is 3.19. The second-order valence-electron chi connectivity index (χ2n) is 5.40. The van der Waals surface area contributed by atoms with E-state index < -0.39 is 6.10 Å². The molecule has 5 heteroatoms. The highest BCUT2D eigenvalue weighted by Gasteiger charge is 2.15. The van der Waals surface area contributed by atoms with E-state index >= 15 is 0 Å². The van der Waals surface area contributed by atoms with E-state index in [2.05, 4.69) is 5.32 Å². The number of benzene rings is 2. The summed E-state index contributed by atoms with van der Waals surface area (Å²) < 4.78 is 11.2. The van der Waals surface area contributed by atoms with Crippen LogP contribution in [0.5, 0.6) is 11.5 Å². The Hall–Kier alpha value is -2.20. The predicted octanol–water partition coefficient (Wildman–Crippen LogP) is 4.53. The summed E-state index contributed by atoms with van der Waals surface area (Å²) in [6, 6.07) is 14.2. The van der Waals surface area contributed by atoms with Gasteiger partial charge in [0, 0.05) is 16.8 Å². The van der Waals surface area contributed by atoms with Crippen LogP contribution >= 0.6 is 11.6 Å². The Morgan fingerprint density at radius 1 is 1.00 bits per heavy atom. The number of rotatable bonds is 6. The summed E-state index contributed by atoms with van der Waals surface area (Å²) in [5, 5.41) is 3.38. The summed E-state index contributed by atoms with van der Waals surface area (Å²) in [7, 11) is 0. The van der Waals surface area contributed by atoms with Crippen LogP contribution in [-0.2, 0) is 4.79 Å². The van der Waals surface area contributed by atoms with Crippen LogP contribution in [0, 0.1) is 0 Å². The maximum absolute atomic E-state index is 12.2. The van der Waals surface area contributed by atoms with Crippen molar-refractivity contribution in [1.82, 2.24) is 0 Å². The van der Waals surface area contributed by atoms with Gasteiger partial charge in [0.05, 0.1) is 6.10 Å². The highest BCUT2D eigenvalue weighted by molar-refractivity contribution is 6.30. The lowest BCUT2D eigenvalue weighted by Crippen LogP contribution is -2.30. The van der Waals surface area contributed by atoms with E-state index in [-0.39, 0.29) is 12.0 Å². The van der Waals surface area contributed by atoms with Crippen molar-refractivity contribution in [3.8, 4) is 11.5 Å². The molecule has 1 amide bonds. The van der Waals surface area contributed by atoms with Crippen LogP contribution in [0.2, 0.25) is 5.02 Å². The third kappa shape index (κ3) is 5.49. The highest BCUT2D eigenvalue weighted by atomic mass is 35.5. The van der Waals surface area contributed by atoms with Crippen LogP contribution in [0.1, 0.15) is 20.8 Å². The van der Waals surface area contributed by atoms with E-state index in [4.69, 9.17) is 21.1 Å². The number of nitrogens with one attached hydrogen (secondary N) is 1. The summed E-state index contributed by atoms with van der Waals surface area (Å²) in [5.74, 6) is 1.02. The maximum atomic E-state index is 12.2. The monoisotopic (exact) mass is 333 g/mol. The van der Waals surface area contributed by atoms with E-state index in [0.29, 0.717) is 22.2 Å². The molecule has 0 aromatic heterocycles. The normalized spacial score (nSPS) is 11.9. The van der Waals surface area contributed by atoms with Gasteiger partial charge in [0.1, 0.15) is 11.5 Å². The molecule has 0 aliphatic heterocycles. The fourth-order valence-corrected chi connectivity index (χ4v) is 2.14. The van der Waals surface area contributed by atoms with Crippen molar-refractivity contribution in [2.24, 2.45) is 0 Å². The molecule has 1 atom stereocenters. The topological polar surface area (TPSA) is 47.6 Å². The molecule has 0 spiro atoms. The van der Waals surface area contributed by atoms with E-state index in [1.807, 2.05) is 26.0 Å². The first-order chi connectivity index (χ1) is 10.9. The zero-order chi connectivity index (χ0) is 16.8. The van der Waals surface area contributed by atoms with E-state index in [9.17, 15) is 4.79 Å². The Morgan fingerprint density at radius 3 is 2.30 bits per heavy atom. The first-order valence-corrected chi connectivity index (χ1v) is 7.81. The second-order valence-corrected chi connectivity index (χ2v) is 5.84. The van der Waals surface area contributed by atoms with Crippen LogP contribution in [0.4, 0.5) is 5.69 Å². The largest absolute Gasteiger partial charge is 0.491 e. The number of amides is 1. The highest BCUT2D eigenvalue weighted by Crippen LogP contribution is 2.20. The van der Waals surface area contributed by atoms with E-state index in [1.165, 1.54) is 0 Å². The molecule has 0 heterocycles. The molecule has 0 aliphatic carbocycles. The molecule has 0 bridgehead atoms. The number of anilines is 1. The Balaban J connectivity index is 1.98. The zero-order valence-corrected chi connectivity index (χ0v) is 14.1. The van der Waals surface area contributed by atoms with Gasteiger partial charge in [-0.25, -0.2) is 0 Å². The number of halogens is 1. The van der Waals surface area contributed by atoms with Crippen molar-refractivity contribution < 1.29 is 14.3 Å². The smallest absolute Gasteiger partial charge is 0.265 e. The summed E-state index contributed by atoms with van der Waals surface area (Å²) in [6.07, 6.45) is -0.575. The second kappa shape index (κ2) is 7.88. The van der Waals surface area contributed by atoms with Gasteiger partial charge in [0.25, 0.3) is 5.91 Å². The molecule has 0 unspecified atom stereocenters. The molecule has 0 saturated heterocycles. The SMILES string of the molecule is CC(C)Oc1cccc(NC(=O)[C@H](C)Oc2cccc(Cl)c2)c1. The summed E-state index contributed by atoms with van der Waals surface area (Å²) in [6.45, 7) is 5.59. The van der Waals surface area contributed by atoms with Crippen molar-refractivity contribution in [3.63, 3.8) is 0 Å². The summed E-state index contributed by atoms with van der Waals surface area (Å²) >= 11 is 5.90. The van der Waals surface area contributed by atoms with Gasteiger partial charge in [0.15, 0.2) is 6.10 Å². The van der Waals surface area contributed by atoms with Crippen LogP contribution in [0.25, 0.3) is 0 Å². The number of carbonyl (C=O) groups is 1. The number of carbonyl (C=O) groups excluding carboxylic acids is 1. The molecule has 122 valence electrons. The van der Waals surface area contributed by atoms with Gasteiger partial charge >= 0.3 is 0 Å².